The molecule has 11 heteroatoms. The molecule has 35 heavy (non-hydrogen) atoms. The van der Waals surface area contributed by atoms with Gasteiger partial charge in [0.1, 0.15) is 28.0 Å². The van der Waals surface area contributed by atoms with E-state index in [-0.39, 0.29) is 24.2 Å². The van der Waals surface area contributed by atoms with Crippen LogP contribution in [0.25, 0.3) is 11.3 Å². The SMILES string of the molecule is [B]C([B])(O)COc1ncccc1-c1cc(NCc2cccnc2OC)c(NC(C)C)c(C(C)=N)n1. The monoisotopic (exact) mass is 470 g/mol. The maximum atomic E-state index is 9.67. The average molecular weight is 470 g/mol. The smallest absolute Gasteiger partial charge is 0.222 e. The molecule has 9 nitrogen and oxygen atoms in total. The number of pyridine rings is 3. The normalized spacial score (nSPS) is 11.3. The lowest BCUT2D eigenvalue weighted by molar-refractivity contribution is 0.133. The molecule has 4 radical (unpaired) electrons. The Morgan fingerprint density at radius 2 is 1.86 bits per heavy atom. The molecule has 0 atom stereocenters. The number of rotatable bonds is 11. The number of anilines is 2. The summed E-state index contributed by atoms with van der Waals surface area (Å²) in [7, 11) is 12.5. The Bertz CT molecular complexity index is 1180. The van der Waals surface area contributed by atoms with E-state index in [0.29, 0.717) is 35.1 Å². The van der Waals surface area contributed by atoms with Crippen molar-refractivity contribution in [1.82, 2.24) is 15.0 Å². The molecule has 178 valence electrons. The Kier molecular flexibility index (Phi) is 8.34. The van der Waals surface area contributed by atoms with Crippen molar-refractivity contribution in [3.8, 4) is 23.0 Å². The molecule has 0 bridgehead atoms. The number of aromatic nitrogens is 3. The molecule has 4 N–H and O–H groups in total. The predicted molar refractivity (Wildman–Crippen MR) is 139 cm³/mol. The third-order valence-electron chi connectivity index (χ3n) is 4.81. The summed E-state index contributed by atoms with van der Waals surface area (Å²) >= 11 is 0. The fourth-order valence-corrected chi connectivity index (χ4v) is 3.35. The van der Waals surface area contributed by atoms with Gasteiger partial charge >= 0.3 is 0 Å². The van der Waals surface area contributed by atoms with Crippen molar-refractivity contribution in [3.63, 3.8) is 0 Å². The highest BCUT2D eigenvalue weighted by molar-refractivity contribution is 6.38. The van der Waals surface area contributed by atoms with Gasteiger partial charge in [-0.15, -0.1) is 0 Å². The highest BCUT2D eigenvalue weighted by Gasteiger charge is 2.20. The zero-order valence-corrected chi connectivity index (χ0v) is 20.3. The average Bonchev–Trinajstić information content (AvgIpc) is 2.81. The second-order valence-corrected chi connectivity index (χ2v) is 8.36. The summed E-state index contributed by atoms with van der Waals surface area (Å²) in [4.78, 5) is 13.2. The van der Waals surface area contributed by atoms with Crippen molar-refractivity contribution in [2.45, 2.75) is 38.8 Å². The van der Waals surface area contributed by atoms with Crippen LogP contribution < -0.4 is 20.1 Å². The number of aliphatic hydroxyl groups is 1. The zero-order chi connectivity index (χ0) is 25.6. The Morgan fingerprint density at radius 3 is 2.49 bits per heavy atom. The van der Waals surface area contributed by atoms with E-state index in [0.717, 1.165) is 11.3 Å². The minimum absolute atomic E-state index is 0.0956. The molecule has 0 aromatic carbocycles. The van der Waals surface area contributed by atoms with Gasteiger partial charge in [0.25, 0.3) is 0 Å². The second kappa shape index (κ2) is 11.2. The Balaban J connectivity index is 2.09. The topological polar surface area (TPSA) is 125 Å². The second-order valence-electron chi connectivity index (χ2n) is 8.36. The lowest BCUT2D eigenvalue weighted by atomic mass is 9.66. The number of hydrogen-bond acceptors (Lipinski definition) is 9. The third-order valence-corrected chi connectivity index (χ3v) is 4.81. The van der Waals surface area contributed by atoms with Gasteiger partial charge in [-0.2, -0.15) is 0 Å². The number of nitrogens with zero attached hydrogens (tertiary/aromatic N) is 3. The summed E-state index contributed by atoms with van der Waals surface area (Å²) in [6.07, 6.45) is 3.22. The molecule has 0 saturated carbocycles. The molecule has 0 aliphatic rings. The van der Waals surface area contributed by atoms with Crippen molar-refractivity contribution in [3.05, 3.63) is 54.0 Å². The number of methoxy groups -OCH3 is 1. The first-order valence-corrected chi connectivity index (χ1v) is 11.1. The van der Waals surface area contributed by atoms with Gasteiger partial charge in [0.15, 0.2) is 0 Å². The van der Waals surface area contributed by atoms with E-state index in [1.807, 2.05) is 32.0 Å². The Hall–Kier alpha value is -3.59. The van der Waals surface area contributed by atoms with Crippen LogP contribution in [0, 0.1) is 5.41 Å². The zero-order valence-electron chi connectivity index (χ0n) is 20.3. The first-order chi connectivity index (χ1) is 16.6. The lowest BCUT2D eigenvalue weighted by Gasteiger charge is -2.22. The van der Waals surface area contributed by atoms with Crippen molar-refractivity contribution < 1.29 is 14.6 Å². The largest absolute Gasteiger partial charge is 0.481 e. The predicted octanol–water partition coefficient (Wildman–Crippen LogP) is 2.73. The van der Waals surface area contributed by atoms with Crippen LogP contribution in [0.15, 0.2) is 42.7 Å². The first-order valence-electron chi connectivity index (χ1n) is 11.1. The van der Waals surface area contributed by atoms with Gasteiger partial charge in [0, 0.05) is 35.9 Å². The van der Waals surface area contributed by atoms with Crippen LogP contribution in [-0.2, 0) is 6.54 Å². The molecule has 0 fully saturated rings. The van der Waals surface area contributed by atoms with Crippen LogP contribution in [0.2, 0.25) is 0 Å². The van der Waals surface area contributed by atoms with Gasteiger partial charge in [-0.3, -0.25) is 0 Å². The van der Waals surface area contributed by atoms with Crippen molar-refractivity contribution in [2.24, 2.45) is 0 Å². The van der Waals surface area contributed by atoms with Gasteiger partial charge in [0.05, 0.1) is 35.5 Å². The molecule has 3 aromatic rings. The van der Waals surface area contributed by atoms with Crippen LogP contribution in [0.3, 0.4) is 0 Å². The van der Waals surface area contributed by atoms with Gasteiger partial charge in [-0.1, -0.05) is 6.07 Å². The van der Waals surface area contributed by atoms with E-state index in [2.05, 4.69) is 20.6 Å². The van der Waals surface area contributed by atoms with Crippen LogP contribution in [0.4, 0.5) is 11.4 Å². The van der Waals surface area contributed by atoms with Gasteiger partial charge in [0.2, 0.25) is 11.8 Å². The maximum Gasteiger partial charge on any atom is 0.222 e. The minimum atomic E-state index is -2.01. The van der Waals surface area contributed by atoms with E-state index in [4.69, 9.17) is 35.6 Å². The lowest BCUT2D eigenvalue weighted by Crippen LogP contribution is -2.36. The molecule has 3 rings (SSSR count). The maximum absolute atomic E-state index is 9.67. The minimum Gasteiger partial charge on any atom is -0.481 e. The summed E-state index contributed by atoms with van der Waals surface area (Å²) in [5, 5.41) is 22.9. The van der Waals surface area contributed by atoms with Crippen molar-refractivity contribution in [2.75, 3.05) is 24.4 Å². The third kappa shape index (κ3) is 6.95. The van der Waals surface area contributed by atoms with Crippen LogP contribution in [-0.4, -0.2) is 66.6 Å². The Labute approximate surface area is 208 Å². The van der Waals surface area contributed by atoms with E-state index in [1.165, 1.54) is 0 Å². The summed E-state index contributed by atoms with van der Waals surface area (Å²) in [5.74, 6) is 0.725. The quantitative estimate of drug-likeness (QED) is 0.249. The highest BCUT2D eigenvalue weighted by atomic mass is 16.5. The molecule has 0 aliphatic carbocycles. The molecule has 3 heterocycles. The molecular formula is C24H28B2N6O3. The van der Waals surface area contributed by atoms with E-state index >= 15 is 0 Å². The number of ether oxygens (including phenoxy) is 2. The Morgan fingerprint density at radius 1 is 1.17 bits per heavy atom. The summed E-state index contributed by atoms with van der Waals surface area (Å²) < 4.78 is 11.0. The van der Waals surface area contributed by atoms with Crippen molar-refractivity contribution in [1.29, 1.82) is 5.41 Å². The molecule has 0 spiro atoms. The van der Waals surface area contributed by atoms with Gasteiger partial charge in [-0.05, 0) is 45.0 Å². The first kappa shape index (κ1) is 26.0. The standard InChI is InChI=1S/C24H28B2N6O3/c1-14(2)31-21-19(30-12-16-7-5-9-28-22(16)34-4)11-18(32-20(21)15(3)27)17-8-6-10-29-23(17)35-13-24(25,26)33/h5-11,14,27,31,33H,12-13H2,1-4H3,(H,30,32). The van der Waals surface area contributed by atoms with E-state index in [9.17, 15) is 5.11 Å². The van der Waals surface area contributed by atoms with Crippen molar-refractivity contribution >= 4 is 32.8 Å². The fraction of sp³-hybridized carbons (Fsp3) is 0.333. The summed E-state index contributed by atoms with van der Waals surface area (Å²) in [6, 6.07) is 9.23. The van der Waals surface area contributed by atoms with Crippen LogP contribution >= 0.6 is 0 Å². The molecule has 0 saturated heterocycles. The molecular weight excluding hydrogens is 442 g/mol. The molecule has 0 aliphatic heterocycles. The highest BCUT2D eigenvalue weighted by Crippen LogP contribution is 2.35. The van der Waals surface area contributed by atoms with Gasteiger partial charge in [-0.25, -0.2) is 15.0 Å². The fourth-order valence-electron chi connectivity index (χ4n) is 3.35. The van der Waals surface area contributed by atoms with E-state index < -0.39 is 5.40 Å². The number of nitrogens with one attached hydrogen (secondary N) is 3. The van der Waals surface area contributed by atoms with E-state index in [1.54, 1.807) is 38.6 Å². The molecule has 0 amide bonds. The summed E-state index contributed by atoms with van der Waals surface area (Å²) in [6.45, 7) is 5.76. The summed E-state index contributed by atoms with van der Waals surface area (Å²) in [5.41, 5.74) is 4.11. The number of hydrogen-bond donors (Lipinski definition) is 4. The van der Waals surface area contributed by atoms with Crippen LogP contribution in [0.1, 0.15) is 32.0 Å². The molecule has 3 aromatic heterocycles. The molecule has 0 unspecified atom stereocenters. The van der Waals surface area contributed by atoms with Gasteiger partial charge < -0.3 is 30.6 Å². The van der Waals surface area contributed by atoms with Crippen LogP contribution in [0.5, 0.6) is 11.8 Å².